The Morgan fingerprint density at radius 1 is 0.931 bits per heavy atom. The lowest BCUT2D eigenvalue weighted by Crippen LogP contribution is -2.49. The summed E-state index contributed by atoms with van der Waals surface area (Å²) >= 11 is 0. The van der Waals surface area contributed by atoms with Crippen LogP contribution in [0.5, 0.6) is 5.75 Å². The molecular weight excluding hydrogens is 364 g/mol. The molecule has 0 unspecified atom stereocenters. The minimum atomic E-state index is -0.0741. The van der Waals surface area contributed by atoms with E-state index in [-0.39, 0.29) is 6.03 Å². The number of aryl methyl sites for hydroxylation is 1. The second kappa shape index (κ2) is 11.3. The van der Waals surface area contributed by atoms with E-state index in [0.29, 0.717) is 13.1 Å². The Bertz CT molecular complexity index is 728. The predicted octanol–water partition coefficient (Wildman–Crippen LogP) is 2.75. The highest BCUT2D eigenvalue weighted by molar-refractivity contribution is 5.73. The maximum Gasteiger partial charge on any atom is 0.314 e. The van der Waals surface area contributed by atoms with Crippen molar-refractivity contribution < 1.29 is 9.53 Å². The average Bonchev–Trinajstić information content (AvgIpc) is 2.78. The fourth-order valence-electron chi connectivity index (χ4n) is 3.55. The molecule has 1 aliphatic heterocycles. The van der Waals surface area contributed by atoms with Gasteiger partial charge in [-0.15, -0.1) is 0 Å². The first kappa shape index (κ1) is 21.0. The average molecular weight is 397 g/mol. The van der Waals surface area contributed by atoms with E-state index in [9.17, 15) is 4.79 Å². The zero-order chi connectivity index (χ0) is 20.3. The molecule has 1 fully saturated rings. The third-order valence-corrected chi connectivity index (χ3v) is 5.29. The van der Waals surface area contributed by atoms with E-state index >= 15 is 0 Å². The highest BCUT2D eigenvalue weighted by Gasteiger charge is 2.17. The molecule has 1 aliphatic rings. The van der Waals surface area contributed by atoms with Gasteiger partial charge in [0, 0.05) is 51.5 Å². The van der Waals surface area contributed by atoms with Gasteiger partial charge < -0.3 is 20.3 Å². The molecule has 6 heteroatoms. The van der Waals surface area contributed by atoms with Gasteiger partial charge in [0.1, 0.15) is 5.75 Å². The number of benzene rings is 2. The van der Waals surface area contributed by atoms with Crippen LogP contribution in [-0.2, 0) is 6.42 Å². The highest BCUT2D eigenvalue weighted by atomic mass is 16.5. The van der Waals surface area contributed by atoms with Crippen LogP contribution in [0.25, 0.3) is 0 Å². The van der Waals surface area contributed by atoms with Gasteiger partial charge >= 0.3 is 6.03 Å². The van der Waals surface area contributed by atoms with Crippen molar-refractivity contribution in [2.24, 2.45) is 0 Å². The lowest BCUT2D eigenvalue weighted by molar-refractivity contribution is 0.232. The van der Waals surface area contributed by atoms with E-state index in [1.165, 1.54) is 11.3 Å². The van der Waals surface area contributed by atoms with E-state index in [4.69, 9.17) is 4.74 Å². The van der Waals surface area contributed by atoms with Crippen LogP contribution in [0.3, 0.4) is 0 Å². The number of carbonyl (C=O) groups excluding carboxylic acids is 1. The Morgan fingerprint density at radius 2 is 1.62 bits per heavy atom. The van der Waals surface area contributed by atoms with Gasteiger partial charge in [0.05, 0.1) is 7.11 Å². The molecule has 6 nitrogen and oxygen atoms in total. The monoisotopic (exact) mass is 396 g/mol. The van der Waals surface area contributed by atoms with Crippen LogP contribution in [-0.4, -0.2) is 63.9 Å². The van der Waals surface area contributed by atoms with Crippen molar-refractivity contribution >= 4 is 11.7 Å². The maximum absolute atomic E-state index is 11.9. The van der Waals surface area contributed by atoms with Gasteiger partial charge in [0.15, 0.2) is 0 Å². The number of carbonyl (C=O) groups is 1. The first-order valence-electron chi connectivity index (χ1n) is 10.4. The maximum atomic E-state index is 11.9. The largest absolute Gasteiger partial charge is 0.497 e. The summed E-state index contributed by atoms with van der Waals surface area (Å²) in [5.41, 5.74) is 2.54. The summed E-state index contributed by atoms with van der Waals surface area (Å²) in [6.45, 7) is 6.26. The van der Waals surface area contributed by atoms with Crippen LogP contribution >= 0.6 is 0 Å². The molecule has 2 aromatic rings. The summed E-state index contributed by atoms with van der Waals surface area (Å²) in [4.78, 5) is 16.7. The van der Waals surface area contributed by atoms with Crippen molar-refractivity contribution in [1.82, 2.24) is 15.5 Å². The molecule has 0 bridgehead atoms. The first-order chi connectivity index (χ1) is 14.2. The molecule has 0 spiro atoms. The minimum Gasteiger partial charge on any atom is -0.497 e. The fourth-order valence-corrected chi connectivity index (χ4v) is 3.55. The van der Waals surface area contributed by atoms with E-state index < -0.39 is 0 Å². The van der Waals surface area contributed by atoms with Gasteiger partial charge in [0.25, 0.3) is 0 Å². The Kier molecular flexibility index (Phi) is 8.19. The quantitative estimate of drug-likeness (QED) is 0.640. The Morgan fingerprint density at radius 3 is 2.31 bits per heavy atom. The number of urea groups is 1. The molecule has 29 heavy (non-hydrogen) atoms. The zero-order valence-corrected chi connectivity index (χ0v) is 17.3. The Hall–Kier alpha value is -2.73. The molecule has 3 rings (SSSR count). The van der Waals surface area contributed by atoms with Crippen LogP contribution in [0.1, 0.15) is 12.0 Å². The van der Waals surface area contributed by atoms with Gasteiger partial charge in [-0.3, -0.25) is 4.90 Å². The zero-order valence-electron chi connectivity index (χ0n) is 17.3. The smallest absolute Gasteiger partial charge is 0.314 e. The number of ether oxygens (including phenoxy) is 1. The summed E-state index contributed by atoms with van der Waals surface area (Å²) in [6, 6.07) is 18.5. The number of hydrogen-bond acceptors (Lipinski definition) is 4. The van der Waals surface area contributed by atoms with Gasteiger partial charge in [-0.25, -0.2) is 4.79 Å². The van der Waals surface area contributed by atoms with Crippen molar-refractivity contribution in [3.8, 4) is 5.75 Å². The van der Waals surface area contributed by atoms with Crippen LogP contribution in [0.2, 0.25) is 0 Å². The molecule has 2 aromatic carbocycles. The summed E-state index contributed by atoms with van der Waals surface area (Å²) in [5, 5.41) is 5.91. The molecule has 2 N–H and O–H groups in total. The number of piperazine rings is 1. The predicted molar refractivity (Wildman–Crippen MR) is 118 cm³/mol. The number of amides is 2. The van der Waals surface area contributed by atoms with Crippen molar-refractivity contribution in [1.29, 1.82) is 0 Å². The summed E-state index contributed by atoms with van der Waals surface area (Å²) < 4.78 is 5.22. The van der Waals surface area contributed by atoms with Crippen molar-refractivity contribution in [2.75, 3.05) is 57.8 Å². The van der Waals surface area contributed by atoms with E-state index in [2.05, 4.69) is 44.7 Å². The third-order valence-electron chi connectivity index (χ3n) is 5.29. The fraction of sp³-hybridized carbons (Fsp3) is 0.435. The molecule has 0 radical (unpaired) electrons. The van der Waals surface area contributed by atoms with Crippen LogP contribution < -0.4 is 20.3 Å². The lowest BCUT2D eigenvalue weighted by Gasteiger charge is -2.36. The second-order valence-corrected chi connectivity index (χ2v) is 7.30. The van der Waals surface area contributed by atoms with E-state index in [0.717, 1.165) is 51.3 Å². The molecule has 1 heterocycles. The normalized spacial score (nSPS) is 14.4. The molecular formula is C23H32N4O2. The van der Waals surface area contributed by atoms with Crippen LogP contribution in [0.4, 0.5) is 10.5 Å². The summed E-state index contributed by atoms with van der Waals surface area (Å²) in [5.74, 6) is 0.886. The summed E-state index contributed by atoms with van der Waals surface area (Å²) in [7, 11) is 1.69. The van der Waals surface area contributed by atoms with E-state index in [1.54, 1.807) is 7.11 Å². The first-order valence-corrected chi connectivity index (χ1v) is 10.4. The molecule has 0 saturated carbocycles. The van der Waals surface area contributed by atoms with E-state index in [1.807, 2.05) is 30.3 Å². The van der Waals surface area contributed by atoms with Crippen LogP contribution in [0, 0.1) is 0 Å². The lowest BCUT2D eigenvalue weighted by atomic mass is 10.1. The number of hydrogen-bond donors (Lipinski definition) is 2. The molecule has 1 saturated heterocycles. The minimum absolute atomic E-state index is 0.0741. The molecule has 0 atom stereocenters. The van der Waals surface area contributed by atoms with Gasteiger partial charge in [-0.2, -0.15) is 0 Å². The van der Waals surface area contributed by atoms with Crippen molar-refractivity contribution in [3.63, 3.8) is 0 Å². The van der Waals surface area contributed by atoms with Gasteiger partial charge in [-0.05, 0) is 42.7 Å². The number of anilines is 1. The van der Waals surface area contributed by atoms with Gasteiger partial charge in [0.2, 0.25) is 0 Å². The topological polar surface area (TPSA) is 56.8 Å². The number of methoxy groups -OCH3 is 1. The second-order valence-electron chi connectivity index (χ2n) is 7.30. The molecule has 156 valence electrons. The third kappa shape index (κ3) is 6.98. The summed E-state index contributed by atoms with van der Waals surface area (Å²) in [6.07, 6.45) is 1.93. The van der Waals surface area contributed by atoms with Gasteiger partial charge in [-0.1, -0.05) is 30.3 Å². The Labute approximate surface area is 173 Å². The number of rotatable bonds is 9. The molecule has 2 amide bonds. The van der Waals surface area contributed by atoms with Crippen molar-refractivity contribution in [3.05, 3.63) is 60.2 Å². The Balaban J connectivity index is 1.25. The number of nitrogens with zero attached hydrogens (tertiary/aromatic N) is 2. The highest BCUT2D eigenvalue weighted by Crippen LogP contribution is 2.20. The SMILES string of the molecule is COc1ccc(N2CCN(CCNC(=O)NCCCc3ccccc3)CC2)cc1. The molecule has 0 aromatic heterocycles. The number of nitrogens with one attached hydrogen (secondary N) is 2. The van der Waals surface area contributed by atoms with Crippen LogP contribution in [0.15, 0.2) is 54.6 Å². The van der Waals surface area contributed by atoms with Crippen molar-refractivity contribution in [2.45, 2.75) is 12.8 Å². The standard InChI is InChI=1S/C23H32N4O2/c1-29-22-11-9-21(10-12-22)27-18-16-26(17-19-27)15-14-25-23(28)24-13-5-8-20-6-3-2-4-7-20/h2-4,6-7,9-12H,5,8,13-19H2,1H3,(H2,24,25,28). The molecule has 0 aliphatic carbocycles.